The van der Waals surface area contributed by atoms with Crippen molar-refractivity contribution in [2.45, 2.75) is 39.2 Å². The molecule has 0 radical (unpaired) electrons. The fourth-order valence-corrected chi connectivity index (χ4v) is 3.92. The highest BCUT2D eigenvalue weighted by molar-refractivity contribution is 5.93. The van der Waals surface area contributed by atoms with Crippen molar-refractivity contribution in [1.29, 1.82) is 0 Å². The summed E-state index contributed by atoms with van der Waals surface area (Å²) >= 11 is 0. The van der Waals surface area contributed by atoms with Gasteiger partial charge >= 0.3 is 6.09 Å². The van der Waals surface area contributed by atoms with E-state index in [2.05, 4.69) is 27.0 Å². The molecule has 4 rings (SSSR count). The Labute approximate surface area is 209 Å². The van der Waals surface area contributed by atoms with Crippen molar-refractivity contribution in [2.24, 2.45) is 0 Å². The van der Waals surface area contributed by atoms with E-state index in [1.807, 2.05) is 33.8 Å². The summed E-state index contributed by atoms with van der Waals surface area (Å²) in [5.41, 5.74) is 1.21. The molecule has 1 aliphatic rings. The number of hydrogen-bond donors (Lipinski definition) is 1. The molecule has 1 aliphatic heterocycles. The zero-order valence-electron chi connectivity index (χ0n) is 21.1. The van der Waals surface area contributed by atoms with Crippen molar-refractivity contribution in [1.82, 2.24) is 24.9 Å². The number of nitrogens with zero attached hydrogens (tertiary/aromatic N) is 5. The minimum Gasteiger partial charge on any atom is -0.493 e. The molecule has 1 N–H and O–H groups in total. The number of benzene rings is 1. The standard InChI is InChI=1S/C25H30N6O5/c1-7-22(32)30-8-9-31(15(2)13-30)24(33)35-19-10-16-17(11-18(19)34-6)26-14-27-23(16)28-21-12-20(29-36-21)25(3,4)5/h7,10-12,14-15H,1,8-9,13H2,2-6H3,(H,26,27,28)/t15-/m1/s1. The molecule has 0 aliphatic carbocycles. The largest absolute Gasteiger partial charge is 0.493 e. The molecule has 1 aromatic carbocycles. The van der Waals surface area contributed by atoms with Gasteiger partial charge in [0.15, 0.2) is 11.5 Å². The lowest BCUT2D eigenvalue weighted by atomic mass is 9.92. The van der Waals surface area contributed by atoms with Crippen LogP contribution in [0.4, 0.5) is 16.5 Å². The second kappa shape index (κ2) is 9.84. The van der Waals surface area contributed by atoms with Crippen LogP contribution in [0.25, 0.3) is 10.9 Å². The smallest absolute Gasteiger partial charge is 0.415 e. The van der Waals surface area contributed by atoms with Gasteiger partial charge in [-0.3, -0.25) is 4.79 Å². The lowest BCUT2D eigenvalue weighted by molar-refractivity contribution is -0.128. The number of methoxy groups -OCH3 is 1. The quantitative estimate of drug-likeness (QED) is 0.526. The fraction of sp³-hybridized carbons (Fsp3) is 0.400. The monoisotopic (exact) mass is 494 g/mol. The van der Waals surface area contributed by atoms with Crippen LogP contribution < -0.4 is 14.8 Å². The van der Waals surface area contributed by atoms with Crippen LogP contribution in [0, 0.1) is 0 Å². The predicted molar refractivity (Wildman–Crippen MR) is 134 cm³/mol. The van der Waals surface area contributed by atoms with Crippen molar-refractivity contribution >= 4 is 34.6 Å². The molecule has 36 heavy (non-hydrogen) atoms. The van der Waals surface area contributed by atoms with Crippen molar-refractivity contribution in [3.8, 4) is 11.5 Å². The lowest BCUT2D eigenvalue weighted by Crippen LogP contribution is -2.55. The number of carbonyl (C=O) groups excluding carboxylic acids is 2. The molecule has 2 aromatic heterocycles. The van der Waals surface area contributed by atoms with Crippen LogP contribution in [0.2, 0.25) is 0 Å². The highest BCUT2D eigenvalue weighted by Gasteiger charge is 2.31. The van der Waals surface area contributed by atoms with Gasteiger partial charge in [0, 0.05) is 48.6 Å². The number of hydrogen-bond acceptors (Lipinski definition) is 9. The maximum atomic E-state index is 13.1. The Hall–Kier alpha value is -4.15. The SMILES string of the molecule is C=CC(=O)N1CCN(C(=O)Oc2cc3c(Nc4cc(C(C)(C)C)no4)ncnc3cc2OC)[C@H](C)C1. The van der Waals surface area contributed by atoms with E-state index in [9.17, 15) is 9.59 Å². The Morgan fingerprint density at radius 1 is 1.19 bits per heavy atom. The summed E-state index contributed by atoms with van der Waals surface area (Å²) in [4.78, 5) is 36.9. The topological polar surface area (TPSA) is 123 Å². The Morgan fingerprint density at radius 2 is 1.97 bits per heavy atom. The van der Waals surface area contributed by atoms with E-state index in [1.165, 1.54) is 19.5 Å². The highest BCUT2D eigenvalue weighted by atomic mass is 16.6. The normalized spacial score (nSPS) is 16.1. The van der Waals surface area contributed by atoms with Crippen LogP contribution in [-0.2, 0) is 10.2 Å². The lowest BCUT2D eigenvalue weighted by Gasteiger charge is -2.38. The Morgan fingerprint density at radius 3 is 2.61 bits per heavy atom. The van der Waals surface area contributed by atoms with Gasteiger partial charge in [-0.25, -0.2) is 14.8 Å². The van der Waals surface area contributed by atoms with Gasteiger partial charge < -0.3 is 29.1 Å². The predicted octanol–water partition coefficient (Wildman–Crippen LogP) is 3.89. The number of fused-ring (bicyclic) bond motifs is 1. The first-order valence-electron chi connectivity index (χ1n) is 11.6. The second-order valence-corrected chi connectivity index (χ2v) is 9.59. The van der Waals surface area contributed by atoms with Gasteiger partial charge in [-0.05, 0) is 19.1 Å². The number of piperazine rings is 1. The summed E-state index contributed by atoms with van der Waals surface area (Å²) in [6.07, 6.45) is 2.15. The molecule has 0 unspecified atom stereocenters. The van der Waals surface area contributed by atoms with Gasteiger partial charge in [0.2, 0.25) is 11.8 Å². The molecule has 2 amide bonds. The zero-order chi connectivity index (χ0) is 26.0. The number of amides is 2. The molecule has 11 nitrogen and oxygen atoms in total. The number of aromatic nitrogens is 3. The summed E-state index contributed by atoms with van der Waals surface area (Å²) in [6.45, 7) is 12.6. The molecule has 1 saturated heterocycles. The van der Waals surface area contributed by atoms with E-state index in [4.69, 9.17) is 14.0 Å². The number of ether oxygens (including phenoxy) is 2. The summed E-state index contributed by atoms with van der Waals surface area (Å²) < 4.78 is 16.6. The third-order valence-corrected chi connectivity index (χ3v) is 5.99. The van der Waals surface area contributed by atoms with Crippen molar-refractivity contribution in [3.05, 3.63) is 42.9 Å². The van der Waals surface area contributed by atoms with E-state index in [-0.39, 0.29) is 23.1 Å². The molecule has 190 valence electrons. The third kappa shape index (κ3) is 5.09. The minimum absolute atomic E-state index is 0.160. The maximum absolute atomic E-state index is 13.1. The molecular weight excluding hydrogens is 464 g/mol. The van der Waals surface area contributed by atoms with E-state index in [1.54, 1.807) is 21.9 Å². The average Bonchev–Trinajstić information content (AvgIpc) is 3.32. The summed E-state index contributed by atoms with van der Waals surface area (Å²) in [5.74, 6) is 1.30. The second-order valence-electron chi connectivity index (χ2n) is 9.59. The van der Waals surface area contributed by atoms with Crippen LogP contribution in [0.1, 0.15) is 33.4 Å². The Balaban J connectivity index is 1.59. The first-order chi connectivity index (χ1) is 17.1. The number of anilines is 2. The Bertz CT molecular complexity index is 1300. The number of nitrogens with one attached hydrogen (secondary N) is 1. The molecule has 0 bridgehead atoms. The van der Waals surface area contributed by atoms with Crippen LogP contribution in [0.5, 0.6) is 11.5 Å². The molecule has 0 saturated carbocycles. The van der Waals surface area contributed by atoms with Crippen LogP contribution in [0.3, 0.4) is 0 Å². The molecule has 1 atom stereocenters. The maximum Gasteiger partial charge on any atom is 0.415 e. The molecule has 0 spiro atoms. The van der Waals surface area contributed by atoms with Crippen LogP contribution >= 0.6 is 0 Å². The molecule has 3 aromatic rings. The third-order valence-electron chi connectivity index (χ3n) is 5.99. The molecule has 1 fully saturated rings. The van der Waals surface area contributed by atoms with E-state index < -0.39 is 6.09 Å². The Kier molecular flexibility index (Phi) is 6.82. The van der Waals surface area contributed by atoms with Gasteiger partial charge in [-0.15, -0.1) is 0 Å². The van der Waals surface area contributed by atoms with E-state index >= 15 is 0 Å². The first-order valence-corrected chi connectivity index (χ1v) is 11.6. The van der Waals surface area contributed by atoms with Gasteiger partial charge in [-0.2, -0.15) is 0 Å². The van der Waals surface area contributed by atoms with Crippen LogP contribution in [0.15, 0.2) is 41.7 Å². The van der Waals surface area contributed by atoms with Crippen LogP contribution in [-0.4, -0.2) is 69.7 Å². The van der Waals surface area contributed by atoms with Gasteiger partial charge in [0.25, 0.3) is 0 Å². The fourth-order valence-electron chi connectivity index (χ4n) is 3.92. The van der Waals surface area contributed by atoms with Crippen molar-refractivity contribution < 1.29 is 23.6 Å². The van der Waals surface area contributed by atoms with Gasteiger partial charge in [-0.1, -0.05) is 32.5 Å². The zero-order valence-corrected chi connectivity index (χ0v) is 21.1. The minimum atomic E-state index is -0.540. The van der Waals surface area contributed by atoms with Crippen molar-refractivity contribution in [3.63, 3.8) is 0 Å². The van der Waals surface area contributed by atoms with Gasteiger partial charge in [0.05, 0.1) is 18.3 Å². The molecular formula is C25H30N6O5. The van der Waals surface area contributed by atoms with Gasteiger partial charge in [0.1, 0.15) is 12.1 Å². The van der Waals surface area contributed by atoms with E-state index in [0.717, 1.165) is 5.69 Å². The first kappa shape index (κ1) is 25.0. The highest BCUT2D eigenvalue weighted by Crippen LogP contribution is 2.35. The number of carbonyl (C=O) groups is 2. The average molecular weight is 495 g/mol. The van der Waals surface area contributed by atoms with E-state index in [0.29, 0.717) is 48.0 Å². The van der Waals surface area contributed by atoms with Crippen molar-refractivity contribution in [2.75, 3.05) is 32.1 Å². The number of rotatable bonds is 5. The summed E-state index contributed by atoms with van der Waals surface area (Å²) in [5, 5.41) is 7.86. The summed E-state index contributed by atoms with van der Waals surface area (Å²) in [6, 6.07) is 4.91. The molecule has 11 heteroatoms. The molecule has 3 heterocycles. The summed E-state index contributed by atoms with van der Waals surface area (Å²) in [7, 11) is 1.49.